The first kappa shape index (κ1) is 13.3. The van der Waals surface area contributed by atoms with Crippen LogP contribution in [0.1, 0.15) is 50.0 Å². The first-order valence-corrected chi connectivity index (χ1v) is 6.81. The highest BCUT2D eigenvalue weighted by atomic mass is 16.1. The number of carbonyl (C=O) groups excluding carboxylic acids is 1. The molecule has 0 unspecified atom stereocenters. The lowest BCUT2D eigenvalue weighted by molar-refractivity contribution is 0.0643. The number of rotatable bonds is 3. The molecule has 1 aliphatic rings. The number of nitrogens with zero attached hydrogens (tertiary/aromatic N) is 3. The van der Waals surface area contributed by atoms with Gasteiger partial charge in [0.05, 0.1) is 5.54 Å². The molecule has 2 rings (SSSR count). The number of hydrogen-bond acceptors (Lipinski definition) is 3. The van der Waals surface area contributed by atoms with Crippen LogP contribution in [0.3, 0.4) is 0 Å². The second kappa shape index (κ2) is 5.22. The maximum atomic E-state index is 12.6. The first-order valence-electron chi connectivity index (χ1n) is 6.81. The van der Waals surface area contributed by atoms with Gasteiger partial charge in [-0.2, -0.15) is 5.10 Å². The Labute approximate surface area is 109 Å². The monoisotopic (exact) mass is 249 g/mol. The van der Waals surface area contributed by atoms with E-state index in [1.54, 1.807) is 4.68 Å². The SMILES string of the molecule is Cn1ccc(C(=O)C(C)(C)N2CCCCCC2)n1. The van der Waals surface area contributed by atoms with Crippen LogP contribution in [0.4, 0.5) is 0 Å². The average molecular weight is 249 g/mol. The summed E-state index contributed by atoms with van der Waals surface area (Å²) in [6.07, 6.45) is 6.78. The summed E-state index contributed by atoms with van der Waals surface area (Å²) in [5, 5.41) is 4.24. The summed E-state index contributed by atoms with van der Waals surface area (Å²) in [6.45, 7) is 6.09. The highest BCUT2D eigenvalue weighted by Gasteiger charge is 2.36. The molecule has 0 saturated carbocycles. The second-order valence-corrected chi connectivity index (χ2v) is 5.66. The van der Waals surface area contributed by atoms with Crippen molar-refractivity contribution in [3.8, 4) is 0 Å². The summed E-state index contributed by atoms with van der Waals surface area (Å²) >= 11 is 0. The van der Waals surface area contributed by atoms with Gasteiger partial charge in [-0.25, -0.2) is 0 Å². The fraction of sp³-hybridized carbons (Fsp3) is 0.714. The number of aromatic nitrogens is 2. The van der Waals surface area contributed by atoms with Crippen molar-refractivity contribution in [3.63, 3.8) is 0 Å². The molecule has 0 radical (unpaired) electrons. The van der Waals surface area contributed by atoms with Gasteiger partial charge in [-0.05, 0) is 45.8 Å². The molecule has 1 aromatic rings. The Morgan fingerprint density at radius 3 is 2.33 bits per heavy atom. The summed E-state index contributed by atoms with van der Waals surface area (Å²) < 4.78 is 1.69. The van der Waals surface area contributed by atoms with Crippen LogP contribution in [0.25, 0.3) is 0 Å². The van der Waals surface area contributed by atoms with Gasteiger partial charge in [-0.15, -0.1) is 0 Å². The molecule has 0 spiro atoms. The van der Waals surface area contributed by atoms with Crippen LogP contribution >= 0.6 is 0 Å². The van der Waals surface area contributed by atoms with E-state index in [1.807, 2.05) is 33.2 Å². The fourth-order valence-electron chi connectivity index (χ4n) is 2.62. The summed E-state index contributed by atoms with van der Waals surface area (Å²) in [5.41, 5.74) is 0.130. The van der Waals surface area contributed by atoms with E-state index in [0.717, 1.165) is 13.1 Å². The molecule has 0 N–H and O–H groups in total. The van der Waals surface area contributed by atoms with Gasteiger partial charge in [0.1, 0.15) is 5.69 Å². The molecule has 2 heterocycles. The largest absolute Gasteiger partial charge is 0.291 e. The number of carbonyl (C=O) groups is 1. The highest BCUT2D eigenvalue weighted by molar-refractivity contribution is 6.01. The Hall–Kier alpha value is -1.16. The van der Waals surface area contributed by atoms with E-state index in [2.05, 4.69) is 10.00 Å². The zero-order chi connectivity index (χ0) is 13.2. The van der Waals surface area contributed by atoms with E-state index in [0.29, 0.717) is 5.69 Å². The maximum Gasteiger partial charge on any atom is 0.202 e. The van der Waals surface area contributed by atoms with Crippen LogP contribution in [-0.2, 0) is 7.05 Å². The third-order valence-corrected chi connectivity index (χ3v) is 3.90. The lowest BCUT2D eigenvalue weighted by Crippen LogP contribution is -2.50. The summed E-state index contributed by atoms with van der Waals surface area (Å²) in [7, 11) is 1.84. The Morgan fingerprint density at radius 1 is 1.22 bits per heavy atom. The van der Waals surface area contributed by atoms with Crippen LogP contribution < -0.4 is 0 Å². The van der Waals surface area contributed by atoms with E-state index >= 15 is 0 Å². The molecule has 1 aromatic heterocycles. The van der Waals surface area contributed by atoms with Gasteiger partial charge in [0.15, 0.2) is 0 Å². The molecule has 18 heavy (non-hydrogen) atoms. The fourth-order valence-corrected chi connectivity index (χ4v) is 2.62. The third-order valence-electron chi connectivity index (χ3n) is 3.90. The Morgan fingerprint density at radius 2 is 1.83 bits per heavy atom. The Kier molecular flexibility index (Phi) is 3.85. The predicted octanol–water partition coefficient (Wildman–Crippen LogP) is 2.26. The third kappa shape index (κ3) is 2.64. The molecule has 0 amide bonds. The minimum Gasteiger partial charge on any atom is -0.291 e. The van der Waals surface area contributed by atoms with Crippen molar-refractivity contribution in [1.29, 1.82) is 0 Å². The van der Waals surface area contributed by atoms with Crippen LogP contribution in [-0.4, -0.2) is 39.1 Å². The van der Waals surface area contributed by atoms with E-state index in [9.17, 15) is 4.79 Å². The standard InChI is InChI=1S/C14H23N3O/c1-14(2,17-9-6-4-5-7-10-17)13(18)12-8-11-16(3)15-12/h8,11H,4-7,9-10H2,1-3H3. The number of aryl methyl sites for hydroxylation is 1. The molecular weight excluding hydrogens is 226 g/mol. The Bertz CT molecular complexity index is 414. The van der Waals surface area contributed by atoms with Gasteiger partial charge in [0.2, 0.25) is 5.78 Å². The Balaban J connectivity index is 2.15. The average Bonchev–Trinajstić information content (AvgIpc) is 2.61. The predicted molar refractivity (Wildman–Crippen MR) is 71.7 cm³/mol. The summed E-state index contributed by atoms with van der Waals surface area (Å²) in [5.74, 6) is 0.130. The van der Waals surface area contributed by atoms with Gasteiger partial charge in [-0.3, -0.25) is 14.4 Å². The molecule has 100 valence electrons. The molecule has 4 nitrogen and oxygen atoms in total. The van der Waals surface area contributed by atoms with Gasteiger partial charge < -0.3 is 0 Å². The van der Waals surface area contributed by atoms with Crippen molar-refractivity contribution in [1.82, 2.24) is 14.7 Å². The lowest BCUT2D eigenvalue weighted by Gasteiger charge is -2.36. The first-order chi connectivity index (χ1) is 8.51. The number of hydrogen-bond donors (Lipinski definition) is 0. The number of Topliss-reactive ketones (excluding diaryl/α,β-unsaturated/α-hetero) is 1. The second-order valence-electron chi connectivity index (χ2n) is 5.66. The topological polar surface area (TPSA) is 38.1 Å². The molecule has 1 fully saturated rings. The summed E-state index contributed by atoms with van der Waals surface area (Å²) in [4.78, 5) is 14.9. The zero-order valence-corrected chi connectivity index (χ0v) is 11.6. The quantitative estimate of drug-likeness (QED) is 0.771. The molecule has 0 aromatic carbocycles. The van der Waals surface area contributed by atoms with Crippen LogP contribution in [0, 0.1) is 0 Å². The molecule has 0 atom stereocenters. The minimum atomic E-state index is -0.446. The van der Waals surface area contributed by atoms with Crippen molar-refractivity contribution in [3.05, 3.63) is 18.0 Å². The number of likely N-dealkylation sites (tertiary alicyclic amines) is 1. The normalized spacial score (nSPS) is 18.6. The van der Waals surface area contributed by atoms with Crippen molar-refractivity contribution in [2.45, 2.75) is 45.1 Å². The van der Waals surface area contributed by atoms with E-state index in [1.165, 1.54) is 25.7 Å². The van der Waals surface area contributed by atoms with Gasteiger partial charge in [0, 0.05) is 13.2 Å². The minimum absolute atomic E-state index is 0.130. The van der Waals surface area contributed by atoms with Crippen LogP contribution in [0.2, 0.25) is 0 Å². The van der Waals surface area contributed by atoms with Crippen molar-refractivity contribution in [2.24, 2.45) is 7.05 Å². The summed E-state index contributed by atoms with van der Waals surface area (Å²) in [6, 6.07) is 1.81. The molecule has 1 saturated heterocycles. The van der Waals surface area contributed by atoms with Gasteiger partial charge >= 0.3 is 0 Å². The van der Waals surface area contributed by atoms with Crippen molar-refractivity contribution in [2.75, 3.05) is 13.1 Å². The highest BCUT2D eigenvalue weighted by Crippen LogP contribution is 2.23. The number of ketones is 1. The van der Waals surface area contributed by atoms with E-state index < -0.39 is 5.54 Å². The van der Waals surface area contributed by atoms with E-state index in [4.69, 9.17) is 0 Å². The molecule has 1 aliphatic heterocycles. The van der Waals surface area contributed by atoms with Crippen molar-refractivity contribution < 1.29 is 4.79 Å². The molecular formula is C14H23N3O. The van der Waals surface area contributed by atoms with Gasteiger partial charge in [-0.1, -0.05) is 12.8 Å². The van der Waals surface area contributed by atoms with E-state index in [-0.39, 0.29) is 5.78 Å². The smallest absolute Gasteiger partial charge is 0.202 e. The maximum absolute atomic E-state index is 12.6. The van der Waals surface area contributed by atoms with Crippen LogP contribution in [0.15, 0.2) is 12.3 Å². The molecule has 0 bridgehead atoms. The van der Waals surface area contributed by atoms with Crippen molar-refractivity contribution >= 4 is 5.78 Å². The zero-order valence-electron chi connectivity index (χ0n) is 11.6. The molecule has 0 aliphatic carbocycles. The van der Waals surface area contributed by atoms with Gasteiger partial charge in [0.25, 0.3) is 0 Å². The lowest BCUT2D eigenvalue weighted by atomic mass is 9.94. The molecule has 4 heteroatoms. The van der Waals surface area contributed by atoms with Crippen LogP contribution in [0.5, 0.6) is 0 Å².